The molecule has 0 aliphatic carbocycles. The lowest BCUT2D eigenvalue weighted by molar-refractivity contribution is -0.156. The second kappa shape index (κ2) is 8.94. The Morgan fingerprint density at radius 2 is 1.87 bits per heavy atom. The molecule has 2 aromatic heterocycles. The molecular weight excluding hydrogens is 444 g/mol. The van der Waals surface area contributed by atoms with Crippen molar-refractivity contribution in [2.45, 2.75) is 43.6 Å². The molecule has 1 aromatic carbocycles. The van der Waals surface area contributed by atoms with Crippen molar-refractivity contribution in [3.8, 4) is 11.3 Å². The van der Waals surface area contributed by atoms with E-state index < -0.39 is 21.6 Å². The van der Waals surface area contributed by atoms with E-state index in [1.807, 2.05) is 43.0 Å². The predicted octanol–water partition coefficient (Wildman–Crippen LogP) is 4.12. The zero-order chi connectivity index (χ0) is 21.9. The van der Waals surface area contributed by atoms with Crippen LogP contribution < -0.4 is 5.90 Å². The summed E-state index contributed by atoms with van der Waals surface area (Å²) in [5.41, 5.74) is 1.93. The van der Waals surface area contributed by atoms with E-state index in [0.29, 0.717) is 11.4 Å². The number of aromatic nitrogens is 1. The van der Waals surface area contributed by atoms with E-state index in [2.05, 4.69) is 9.27 Å². The van der Waals surface area contributed by atoms with Gasteiger partial charge in [-0.05, 0) is 56.3 Å². The first-order valence-corrected chi connectivity index (χ1v) is 12.3. The number of hydrogen-bond donors (Lipinski definition) is 1. The first kappa shape index (κ1) is 22.6. The molecule has 0 spiro atoms. The van der Waals surface area contributed by atoms with E-state index in [1.165, 1.54) is 23.5 Å². The maximum Gasteiger partial charge on any atom is 0.316 e. The van der Waals surface area contributed by atoms with Gasteiger partial charge in [0.05, 0.1) is 10.6 Å². The molecule has 0 saturated heterocycles. The Balaban J connectivity index is 1.89. The highest BCUT2D eigenvalue weighted by Crippen LogP contribution is 2.31. The van der Waals surface area contributed by atoms with Crippen LogP contribution in [-0.2, 0) is 30.4 Å². The fourth-order valence-corrected chi connectivity index (χ4v) is 4.86. The summed E-state index contributed by atoms with van der Waals surface area (Å²) in [7, 11) is -3.98. The molecule has 0 amide bonds. The SMILES string of the molecule is CC(C)(C)OC(=O)[C@H](Cc1ccc(S(=O)(=O)ON)cc1)c1nc(-c2ccsc2)cs1. The van der Waals surface area contributed by atoms with Crippen LogP contribution in [0.15, 0.2) is 51.4 Å². The monoisotopic (exact) mass is 466 g/mol. The third kappa shape index (κ3) is 5.52. The molecule has 0 aliphatic heterocycles. The van der Waals surface area contributed by atoms with Gasteiger partial charge in [-0.3, -0.25) is 4.79 Å². The number of ether oxygens (including phenoxy) is 1. The van der Waals surface area contributed by atoms with Crippen molar-refractivity contribution in [2.75, 3.05) is 0 Å². The highest BCUT2D eigenvalue weighted by molar-refractivity contribution is 7.86. The van der Waals surface area contributed by atoms with Crippen LogP contribution in [0.4, 0.5) is 0 Å². The maximum absolute atomic E-state index is 12.9. The number of thiophene rings is 1. The molecule has 0 unspecified atom stereocenters. The molecule has 0 fully saturated rings. The second-order valence-electron chi connectivity index (χ2n) is 7.57. The summed E-state index contributed by atoms with van der Waals surface area (Å²) in [5, 5.41) is 6.54. The molecule has 160 valence electrons. The van der Waals surface area contributed by atoms with Crippen LogP contribution in [-0.4, -0.2) is 25.0 Å². The molecule has 0 bridgehead atoms. The van der Waals surface area contributed by atoms with E-state index in [4.69, 9.17) is 10.6 Å². The van der Waals surface area contributed by atoms with Crippen molar-refractivity contribution in [1.29, 1.82) is 0 Å². The standard InChI is InChI=1S/C20H22N2O5S3/c1-20(2,3)26-19(23)16(18-22-17(12-29-18)14-8-9-28-11-14)10-13-4-6-15(7-5-13)30(24,25)27-21/h4-9,11-12,16H,10,21H2,1-3H3/t16-/m1/s1. The quantitative estimate of drug-likeness (QED) is 0.412. The lowest BCUT2D eigenvalue weighted by atomic mass is 9.99. The predicted molar refractivity (Wildman–Crippen MR) is 117 cm³/mol. The molecule has 30 heavy (non-hydrogen) atoms. The molecular formula is C20H22N2O5S3. The number of nitrogens with zero attached hydrogens (tertiary/aromatic N) is 1. The lowest BCUT2D eigenvalue weighted by Gasteiger charge is -2.23. The molecule has 2 N–H and O–H groups in total. The zero-order valence-corrected chi connectivity index (χ0v) is 19.1. The topological polar surface area (TPSA) is 109 Å². The summed E-state index contributed by atoms with van der Waals surface area (Å²) in [4.78, 5) is 17.5. The number of thiazole rings is 1. The summed E-state index contributed by atoms with van der Waals surface area (Å²) in [5.74, 6) is 3.82. The third-order valence-electron chi connectivity index (χ3n) is 4.11. The normalized spacial score (nSPS) is 13.2. The minimum atomic E-state index is -3.98. The fraction of sp³-hybridized carbons (Fsp3) is 0.300. The minimum Gasteiger partial charge on any atom is -0.459 e. The van der Waals surface area contributed by atoms with E-state index in [-0.39, 0.29) is 10.9 Å². The summed E-state index contributed by atoms with van der Waals surface area (Å²) in [6.45, 7) is 5.44. The Hall–Kier alpha value is -2.11. The third-order valence-corrected chi connectivity index (χ3v) is 6.85. The number of carbonyl (C=O) groups is 1. The smallest absolute Gasteiger partial charge is 0.316 e. The van der Waals surface area contributed by atoms with Gasteiger partial charge in [-0.25, -0.2) is 4.98 Å². The van der Waals surface area contributed by atoms with Crippen molar-refractivity contribution in [2.24, 2.45) is 5.90 Å². The number of hydrogen-bond acceptors (Lipinski definition) is 9. The highest BCUT2D eigenvalue weighted by atomic mass is 32.2. The number of nitrogens with two attached hydrogens (primary N) is 1. The van der Waals surface area contributed by atoms with Crippen LogP contribution >= 0.6 is 22.7 Å². The Morgan fingerprint density at radius 1 is 1.17 bits per heavy atom. The molecule has 0 radical (unpaired) electrons. The Morgan fingerprint density at radius 3 is 2.43 bits per heavy atom. The van der Waals surface area contributed by atoms with Crippen molar-refractivity contribution < 1.29 is 22.2 Å². The summed E-state index contributed by atoms with van der Waals surface area (Å²) >= 11 is 2.98. The van der Waals surface area contributed by atoms with Gasteiger partial charge < -0.3 is 4.74 Å². The number of esters is 1. The minimum absolute atomic E-state index is 0.0587. The zero-order valence-electron chi connectivity index (χ0n) is 16.7. The molecule has 1 atom stereocenters. The van der Waals surface area contributed by atoms with Gasteiger partial charge in [0.2, 0.25) is 0 Å². The van der Waals surface area contributed by atoms with Gasteiger partial charge in [-0.2, -0.15) is 29.9 Å². The molecule has 7 nitrogen and oxygen atoms in total. The Labute approximate surface area is 183 Å². The summed E-state index contributed by atoms with van der Waals surface area (Å²) in [6, 6.07) is 8.00. The van der Waals surface area contributed by atoms with Gasteiger partial charge in [-0.15, -0.1) is 11.3 Å². The van der Waals surface area contributed by atoms with Crippen LogP contribution in [0.5, 0.6) is 0 Å². The average molecular weight is 467 g/mol. The fourth-order valence-electron chi connectivity index (χ4n) is 2.72. The van der Waals surface area contributed by atoms with Crippen LogP contribution in [0, 0.1) is 0 Å². The van der Waals surface area contributed by atoms with Gasteiger partial charge in [0.25, 0.3) is 0 Å². The van der Waals surface area contributed by atoms with Gasteiger partial charge in [-0.1, -0.05) is 12.1 Å². The summed E-state index contributed by atoms with van der Waals surface area (Å²) in [6.07, 6.45) is 0.315. The van der Waals surface area contributed by atoms with Gasteiger partial charge >= 0.3 is 16.1 Å². The van der Waals surface area contributed by atoms with Crippen molar-refractivity contribution >= 4 is 38.8 Å². The molecule has 3 rings (SSSR count). The van der Waals surface area contributed by atoms with Crippen molar-refractivity contribution in [1.82, 2.24) is 4.98 Å². The van der Waals surface area contributed by atoms with Gasteiger partial charge in [0, 0.05) is 16.3 Å². The van der Waals surface area contributed by atoms with Crippen LogP contribution in [0.3, 0.4) is 0 Å². The van der Waals surface area contributed by atoms with E-state index in [0.717, 1.165) is 16.8 Å². The Kier molecular flexibility index (Phi) is 6.73. The van der Waals surface area contributed by atoms with Crippen molar-refractivity contribution in [3.05, 3.63) is 57.0 Å². The number of benzene rings is 1. The van der Waals surface area contributed by atoms with Gasteiger partial charge in [0.15, 0.2) is 0 Å². The average Bonchev–Trinajstić information content (AvgIpc) is 3.36. The molecule has 10 heteroatoms. The number of carbonyl (C=O) groups excluding carboxylic acids is 1. The molecule has 0 saturated carbocycles. The van der Waals surface area contributed by atoms with E-state index in [1.54, 1.807) is 23.5 Å². The van der Waals surface area contributed by atoms with Gasteiger partial charge in [0.1, 0.15) is 16.5 Å². The van der Waals surface area contributed by atoms with Crippen LogP contribution in [0.25, 0.3) is 11.3 Å². The first-order chi connectivity index (χ1) is 14.1. The Bertz CT molecular complexity index is 1100. The number of rotatable bonds is 7. The van der Waals surface area contributed by atoms with Crippen LogP contribution in [0.2, 0.25) is 0 Å². The molecule has 3 aromatic rings. The van der Waals surface area contributed by atoms with E-state index >= 15 is 0 Å². The molecule has 2 heterocycles. The maximum atomic E-state index is 12.9. The van der Waals surface area contributed by atoms with Crippen LogP contribution in [0.1, 0.15) is 37.3 Å². The second-order valence-corrected chi connectivity index (χ2v) is 10.8. The van der Waals surface area contributed by atoms with Crippen molar-refractivity contribution in [3.63, 3.8) is 0 Å². The first-order valence-electron chi connectivity index (χ1n) is 9.02. The largest absolute Gasteiger partial charge is 0.459 e. The lowest BCUT2D eigenvalue weighted by Crippen LogP contribution is -2.28. The summed E-state index contributed by atoms with van der Waals surface area (Å²) < 4.78 is 33.1. The highest BCUT2D eigenvalue weighted by Gasteiger charge is 2.30. The van der Waals surface area contributed by atoms with E-state index in [9.17, 15) is 13.2 Å². The molecule has 0 aliphatic rings.